The third-order valence-electron chi connectivity index (χ3n) is 1.50. The molecule has 11 heavy (non-hydrogen) atoms. The fraction of sp³-hybridized carbons (Fsp3) is 0. The molecule has 0 amide bonds. The number of fused-ring (bicyclic) bond motifs is 1. The van der Waals surface area contributed by atoms with Crippen LogP contribution in [0, 0.1) is 5.82 Å². The van der Waals surface area contributed by atoms with Gasteiger partial charge in [0.25, 0.3) is 0 Å². The Bertz CT molecular complexity index is 394. The lowest BCUT2D eigenvalue weighted by Gasteiger charge is -1.86. The van der Waals surface area contributed by atoms with Gasteiger partial charge in [-0.3, -0.25) is 0 Å². The zero-order valence-electron chi connectivity index (χ0n) is 5.67. The molecule has 1 heterocycles. The highest BCUT2D eigenvalue weighted by molar-refractivity contribution is 7.22. The van der Waals surface area contributed by atoms with Crippen LogP contribution in [0.15, 0.2) is 24.3 Å². The molecule has 1 nitrogen and oxygen atoms in total. The van der Waals surface area contributed by atoms with Crippen LogP contribution in [0.3, 0.4) is 0 Å². The molecule has 0 saturated heterocycles. The molecule has 0 fully saturated rings. The summed E-state index contributed by atoms with van der Waals surface area (Å²) in [5, 5.41) is 1.61. The number of nitrogen functional groups attached to an aromatic ring is 1. The highest BCUT2D eigenvalue weighted by Gasteiger charge is 1.98. The molecular weight excluding hydrogens is 161 g/mol. The number of hydrogen-bond acceptors (Lipinski definition) is 2. The second kappa shape index (κ2) is 2.20. The molecule has 0 saturated carbocycles. The van der Waals surface area contributed by atoms with E-state index in [0.717, 1.165) is 15.1 Å². The predicted molar refractivity (Wildman–Crippen MR) is 46.2 cm³/mol. The highest BCUT2D eigenvalue weighted by Crippen LogP contribution is 2.27. The number of nitrogens with two attached hydrogens (primary N) is 1. The van der Waals surface area contributed by atoms with E-state index in [1.54, 1.807) is 12.1 Å². The van der Waals surface area contributed by atoms with Gasteiger partial charge in [-0.05, 0) is 29.7 Å². The van der Waals surface area contributed by atoms with Gasteiger partial charge in [-0.2, -0.15) is 0 Å². The van der Waals surface area contributed by atoms with E-state index in [-0.39, 0.29) is 5.82 Å². The zero-order valence-corrected chi connectivity index (χ0v) is 6.49. The monoisotopic (exact) mass is 167 g/mol. The van der Waals surface area contributed by atoms with Gasteiger partial charge >= 0.3 is 0 Å². The van der Waals surface area contributed by atoms with E-state index in [9.17, 15) is 4.39 Å². The number of thiophene rings is 1. The van der Waals surface area contributed by atoms with Crippen molar-refractivity contribution in [3.63, 3.8) is 0 Å². The molecule has 0 atom stereocenters. The van der Waals surface area contributed by atoms with Crippen molar-refractivity contribution < 1.29 is 4.39 Å². The number of halogens is 1. The van der Waals surface area contributed by atoms with Crippen LogP contribution >= 0.6 is 11.3 Å². The van der Waals surface area contributed by atoms with Crippen molar-refractivity contribution in [1.29, 1.82) is 0 Å². The summed E-state index contributed by atoms with van der Waals surface area (Å²) in [6, 6.07) is 6.45. The molecule has 0 aliphatic heterocycles. The minimum Gasteiger partial charge on any atom is -0.391 e. The van der Waals surface area contributed by atoms with Crippen LogP contribution < -0.4 is 5.73 Å². The standard InChI is InChI=1S/C8H6FNS/c9-6-1-2-7-5(3-6)4-8(10)11-7/h1-4H,10H2. The maximum Gasteiger partial charge on any atom is 0.123 e. The van der Waals surface area contributed by atoms with Gasteiger partial charge in [-0.25, -0.2) is 4.39 Å². The fourth-order valence-electron chi connectivity index (χ4n) is 1.03. The number of benzene rings is 1. The quantitative estimate of drug-likeness (QED) is 0.641. The first-order valence-corrected chi connectivity index (χ1v) is 4.02. The zero-order chi connectivity index (χ0) is 7.84. The first-order valence-electron chi connectivity index (χ1n) is 3.20. The Morgan fingerprint density at radius 1 is 1.27 bits per heavy atom. The summed E-state index contributed by atoms with van der Waals surface area (Å²) in [6.07, 6.45) is 0. The number of rotatable bonds is 0. The van der Waals surface area contributed by atoms with Crippen molar-refractivity contribution in [3.8, 4) is 0 Å². The summed E-state index contributed by atoms with van der Waals surface area (Å²) in [7, 11) is 0. The van der Waals surface area contributed by atoms with Gasteiger partial charge in [0.1, 0.15) is 5.82 Å². The molecule has 0 unspecified atom stereocenters. The molecule has 2 N–H and O–H groups in total. The largest absolute Gasteiger partial charge is 0.391 e. The van der Waals surface area contributed by atoms with Gasteiger partial charge in [0.15, 0.2) is 0 Å². The van der Waals surface area contributed by atoms with Gasteiger partial charge in [0.2, 0.25) is 0 Å². The van der Waals surface area contributed by atoms with Crippen LogP contribution in [0.25, 0.3) is 10.1 Å². The Morgan fingerprint density at radius 2 is 2.09 bits per heavy atom. The minimum absolute atomic E-state index is 0.213. The lowest BCUT2D eigenvalue weighted by Crippen LogP contribution is -1.73. The van der Waals surface area contributed by atoms with Crippen molar-refractivity contribution in [1.82, 2.24) is 0 Å². The van der Waals surface area contributed by atoms with Gasteiger partial charge in [-0.1, -0.05) is 0 Å². The third kappa shape index (κ3) is 1.07. The van der Waals surface area contributed by atoms with Crippen LogP contribution in [0.5, 0.6) is 0 Å². The lowest BCUT2D eigenvalue weighted by atomic mass is 10.2. The van der Waals surface area contributed by atoms with E-state index in [0.29, 0.717) is 0 Å². The average molecular weight is 167 g/mol. The van der Waals surface area contributed by atoms with Gasteiger partial charge in [0.05, 0.1) is 5.00 Å². The van der Waals surface area contributed by atoms with Crippen LogP contribution in [0.2, 0.25) is 0 Å². The molecule has 3 heteroatoms. The first kappa shape index (κ1) is 6.61. The normalized spacial score (nSPS) is 10.6. The third-order valence-corrected chi connectivity index (χ3v) is 2.44. The van der Waals surface area contributed by atoms with E-state index in [1.165, 1.54) is 23.5 Å². The summed E-state index contributed by atoms with van der Waals surface area (Å²) >= 11 is 1.47. The molecule has 56 valence electrons. The maximum atomic E-state index is 12.6. The fourth-order valence-corrected chi connectivity index (χ4v) is 1.85. The van der Waals surface area contributed by atoms with Crippen LogP contribution in [0.4, 0.5) is 9.39 Å². The summed E-state index contributed by atoms with van der Waals surface area (Å²) in [5.41, 5.74) is 5.54. The predicted octanol–water partition coefficient (Wildman–Crippen LogP) is 2.62. The lowest BCUT2D eigenvalue weighted by molar-refractivity contribution is 0.630. The average Bonchev–Trinajstić information content (AvgIpc) is 2.27. The first-order chi connectivity index (χ1) is 5.25. The van der Waals surface area contributed by atoms with Crippen LogP contribution in [0.1, 0.15) is 0 Å². The molecular formula is C8H6FNS. The molecule has 0 radical (unpaired) electrons. The Hall–Kier alpha value is -1.09. The van der Waals surface area contributed by atoms with E-state index in [4.69, 9.17) is 5.73 Å². The van der Waals surface area contributed by atoms with Gasteiger partial charge in [0, 0.05) is 4.70 Å². The molecule has 1 aromatic heterocycles. The van der Waals surface area contributed by atoms with E-state index in [1.807, 2.05) is 0 Å². The Morgan fingerprint density at radius 3 is 2.91 bits per heavy atom. The Kier molecular flexibility index (Phi) is 1.32. The molecule has 1 aromatic carbocycles. The van der Waals surface area contributed by atoms with Crippen LogP contribution in [-0.4, -0.2) is 0 Å². The Balaban J connectivity index is 2.82. The minimum atomic E-state index is -0.213. The maximum absolute atomic E-state index is 12.6. The van der Waals surface area contributed by atoms with Crippen molar-refractivity contribution in [3.05, 3.63) is 30.1 Å². The SMILES string of the molecule is Nc1cc2cc(F)ccc2s1. The van der Waals surface area contributed by atoms with Crippen LogP contribution in [-0.2, 0) is 0 Å². The summed E-state index contributed by atoms with van der Waals surface area (Å²) in [4.78, 5) is 0. The van der Waals surface area contributed by atoms with Crippen molar-refractivity contribution >= 4 is 26.4 Å². The molecule has 0 aliphatic rings. The van der Waals surface area contributed by atoms with Gasteiger partial charge < -0.3 is 5.73 Å². The van der Waals surface area contributed by atoms with E-state index >= 15 is 0 Å². The summed E-state index contributed by atoms with van der Waals surface area (Å²) in [6.45, 7) is 0. The van der Waals surface area contributed by atoms with Crippen molar-refractivity contribution in [2.45, 2.75) is 0 Å². The van der Waals surface area contributed by atoms with Crippen molar-refractivity contribution in [2.75, 3.05) is 5.73 Å². The molecule has 2 rings (SSSR count). The number of anilines is 1. The highest BCUT2D eigenvalue weighted by atomic mass is 32.1. The molecule has 0 aliphatic carbocycles. The molecule has 0 bridgehead atoms. The number of hydrogen-bond donors (Lipinski definition) is 1. The topological polar surface area (TPSA) is 26.0 Å². The summed E-state index contributed by atoms with van der Waals surface area (Å²) < 4.78 is 13.6. The summed E-state index contributed by atoms with van der Waals surface area (Å²) in [5.74, 6) is -0.213. The molecule has 2 aromatic rings. The second-order valence-corrected chi connectivity index (χ2v) is 3.45. The molecule has 0 spiro atoms. The van der Waals surface area contributed by atoms with E-state index < -0.39 is 0 Å². The second-order valence-electron chi connectivity index (χ2n) is 2.33. The van der Waals surface area contributed by atoms with Gasteiger partial charge in [-0.15, -0.1) is 11.3 Å². The van der Waals surface area contributed by atoms with Crippen molar-refractivity contribution in [2.24, 2.45) is 0 Å². The smallest absolute Gasteiger partial charge is 0.123 e. The van der Waals surface area contributed by atoms with E-state index in [2.05, 4.69) is 0 Å². The Labute approximate surface area is 67.3 Å².